The number of fused-ring (bicyclic) bond motifs is 24. The van der Waals surface area contributed by atoms with Crippen molar-refractivity contribution in [3.05, 3.63) is 458 Å². The maximum absolute atomic E-state index is 7.12. The fourth-order valence-electron chi connectivity index (χ4n) is 23.5. The molecule has 2 aromatic heterocycles. The molecule has 140 heavy (non-hydrogen) atoms. The van der Waals surface area contributed by atoms with E-state index in [-0.39, 0.29) is 10.8 Å². The Morgan fingerprint density at radius 1 is 0.193 bits per heavy atom. The van der Waals surface area contributed by atoms with Gasteiger partial charge in [-0.25, -0.2) is 0 Å². The zero-order valence-corrected chi connectivity index (χ0v) is 79.0. The molecule has 668 valence electrons. The molecule has 28 rings (SSSR count). The minimum absolute atomic E-state index is 0.124. The van der Waals surface area contributed by atoms with E-state index in [9.17, 15) is 0 Å². The van der Waals surface area contributed by atoms with Crippen LogP contribution in [0.5, 0.6) is 23.0 Å². The lowest BCUT2D eigenvalue weighted by molar-refractivity contribution is 0.487. The molecule has 0 atom stereocenters. The van der Waals surface area contributed by atoms with Crippen LogP contribution in [-0.4, -0.2) is 0 Å². The summed E-state index contributed by atoms with van der Waals surface area (Å²) in [6.07, 6.45) is 0. The van der Waals surface area contributed by atoms with E-state index >= 15 is 0 Å². The Kier molecular flexibility index (Phi) is 18.6. The first-order chi connectivity index (χ1) is 68.6. The monoisotopic (exact) mass is 1800 g/mol. The van der Waals surface area contributed by atoms with Crippen molar-refractivity contribution in [3.63, 3.8) is 0 Å². The predicted octanol–water partition coefficient (Wildman–Crippen LogP) is 38.4. The van der Waals surface area contributed by atoms with Gasteiger partial charge in [-0.2, -0.15) is 0 Å². The van der Waals surface area contributed by atoms with E-state index < -0.39 is 0 Å². The summed E-state index contributed by atoms with van der Waals surface area (Å²) in [7, 11) is 0. The molecule has 8 heteroatoms. The molecule has 22 aromatic carbocycles. The minimum atomic E-state index is -0.137. The van der Waals surface area contributed by atoms with Crippen molar-refractivity contribution in [3.8, 4) is 67.5 Å². The third kappa shape index (κ3) is 12.7. The first-order valence-corrected chi connectivity index (χ1v) is 48.9. The molecule has 0 amide bonds. The Labute approximate surface area is 812 Å². The zero-order chi connectivity index (χ0) is 93.7. The average molecular weight is 1800 g/mol. The van der Waals surface area contributed by atoms with E-state index in [0.29, 0.717) is 11.8 Å². The van der Waals surface area contributed by atoms with Crippen LogP contribution in [0.4, 0.5) is 68.2 Å². The van der Waals surface area contributed by atoms with Gasteiger partial charge in [0.2, 0.25) is 0 Å². The van der Waals surface area contributed by atoms with Crippen LogP contribution in [0.2, 0.25) is 0 Å². The minimum Gasteiger partial charge on any atom is -0.456 e. The van der Waals surface area contributed by atoms with Gasteiger partial charge in [0.25, 0.3) is 0 Å². The summed E-state index contributed by atoms with van der Waals surface area (Å²) in [6, 6.07) is 155. The summed E-state index contributed by atoms with van der Waals surface area (Å²) in [5.41, 5.74) is 33.7. The van der Waals surface area contributed by atoms with E-state index in [4.69, 9.17) is 18.3 Å². The standard InChI is InChI=1S/C69H54N2O.C63H42N2O3/c1-42(2)43-28-32-53-56(36-43)57-40-59-54-35-31-48(70(44-18-9-7-10-19-44)46-29-33-51-49-22-13-15-25-60(49)68(3,4)62(51)37-46)39-66(54)72-65-27-17-24-55(67(59)65)58(57)41-64(53)71(45-20-11-8-12-21-45)47-30-34-52-50-23-14-16-26-61(50)69(5,6)63(52)38-47;1-38(2)39-30-32-43-50(34-39)51-36-53-46-33-31-42(64(40-16-5-3-6-17-40)54-25-13-23-48-44-20-9-11-27-57(44)67-62(48)54)35-60(46)66-59-29-15-22-47(61(53)59)52(51)37-56(43)65(41-18-7-4-8-19-41)55-26-14-24-49-45-21-10-12-28-58(45)68-63(49)55/h7-42H,1-6H3;3-38H,1-2H3. The molecule has 0 saturated carbocycles. The lowest BCUT2D eigenvalue weighted by Crippen LogP contribution is -2.16. The third-order valence-electron chi connectivity index (χ3n) is 30.3. The summed E-state index contributed by atoms with van der Waals surface area (Å²) in [5.74, 6) is 4.05. The van der Waals surface area contributed by atoms with Gasteiger partial charge in [0.1, 0.15) is 34.2 Å². The Morgan fingerprint density at radius 2 is 0.521 bits per heavy atom. The van der Waals surface area contributed by atoms with Crippen molar-refractivity contribution in [1.29, 1.82) is 0 Å². The predicted molar refractivity (Wildman–Crippen MR) is 586 cm³/mol. The lowest BCUT2D eigenvalue weighted by Gasteiger charge is -2.31. The van der Waals surface area contributed by atoms with Crippen LogP contribution < -0.4 is 29.1 Å². The summed E-state index contributed by atoms with van der Waals surface area (Å²) in [4.78, 5) is 9.52. The van der Waals surface area contributed by atoms with E-state index in [0.717, 1.165) is 179 Å². The second-order valence-corrected chi connectivity index (χ2v) is 39.7. The Hall–Kier alpha value is -17.2. The molecule has 2 aliphatic heterocycles. The topological polar surface area (TPSA) is 57.7 Å². The smallest absolute Gasteiger partial charge is 0.159 e. The molecule has 0 radical (unpaired) electrons. The van der Waals surface area contributed by atoms with E-state index in [2.05, 4.69) is 481 Å². The SMILES string of the molecule is CC(C)c1ccc2c(N(c3ccccc3)c3ccc4c(c3)C(C)(C)c3ccccc3-4)cc3c4cccc5c4c(cc3c2c1)-c1ccc(N(c2ccccc2)c2ccc3c(c2)C(C)(C)c2ccccc2-3)cc1O5.CC(C)c1ccc2c(N(c3ccccc3)c3cccc4c3oc3ccccc34)cc3c4cccc5c4c(cc3c2c1)-c1ccc(N(c2ccccc2)c2cccc3c2oc2ccccc23)cc1O5. The molecule has 0 saturated heterocycles. The Morgan fingerprint density at radius 3 is 0.979 bits per heavy atom. The number of hydrogen-bond acceptors (Lipinski definition) is 8. The molecule has 2 aliphatic carbocycles. The highest BCUT2D eigenvalue weighted by Gasteiger charge is 2.40. The van der Waals surface area contributed by atoms with Crippen LogP contribution in [0.3, 0.4) is 0 Å². The van der Waals surface area contributed by atoms with Crippen LogP contribution in [-0.2, 0) is 10.8 Å². The van der Waals surface area contributed by atoms with Crippen LogP contribution in [0.25, 0.3) is 153 Å². The quantitative estimate of drug-likeness (QED) is 0.0999. The first-order valence-electron chi connectivity index (χ1n) is 48.9. The molecule has 0 unspecified atom stereocenters. The van der Waals surface area contributed by atoms with Crippen LogP contribution in [0, 0.1) is 0 Å². The number of hydrogen-bond donors (Lipinski definition) is 0. The van der Waals surface area contributed by atoms with Gasteiger partial charge in [-0.3, -0.25) is 0 Å². The molecule has 0 fully saturated rings. The lowest BCUT2D eigenvalue weighted by atomic mass is 9.82. The van der Waals surface area contributed by atoms with Gasteiger partial charge in [0.15, 0.2) is 11.2 Å². The van der Waals surface area contributed by atoms with Crippen molar-refractivity contribution < 1.29 is 18.3 Å². The molecule has 0 bridgehead atoms. The second kappa shape index (κ2) is 31.7. The molecular formula is C132H96N4O4. The normalized spacial score (nSPS) is 13.2. The zero-order valence-electron chi connectivity index (χ0n) is 79.0. The number of furan rings is 2. The highest BCUT2D eigenvalue weighted by Crippen LogP contribution is 2.60. The molecule has 0 N–H and O–H groups in total. The van der Waals surface area contributed by atoms with Crippen molar-refractivity contribution >= 4 is 177 Å². The van der Waals surface area contributed by atoms with Crippen molar-refractivity contribution in [2.45, 2.75) is 78.1 Å². The maximum Gasteiger partial charge on any atom is 0.159 e. The van der Waals surface area contributed by atoms with Crippen LogP contribution in [0.1, 0.15) is 101 Å². The number of anilines is 12. The van der Waals surface area contributed by atoms with Crippen molar-refractivity contribution in [2.75, 3.05) is 19.6 Å². The van der Waals surface area contributed by atoms with E-state index in [1.807, 2.05) is 18.2 Å². The number of benzene rings is 22. The Balaban J connectivity index is 0.000000141. The molecule has 8 nitrogen and oxygen atoms in total. The number of nitrogens with zero attached hydrogens (tertiary/aromatic N) is 4. The fourth-order valence-corrected chi connectivity index (χ4v) is 23.5. The van der Waals surface area contributed by atoms with Gasteiger partial charge in [-0.1, -0.05) is 310 Å². The third-order valence-corrected chi connectivity index (χ3v) is 30.3. The number of rotatable bonds is 14. The second-order valence-electron chi connectivity index (χ2n) is 39.7. The molecular weight excluding hydrogens is 1710 g/mol. The summed E-state index contributed by atoms with van der Waals surface area (Å²) >= 11 is 0. The molecule has 4 aliphatic rings. The molecule has 24 aromatic rings. The van der Waals surface area contributed by atoms with Gasteiger partial charge < -0.3 is 37.9 Å². The van der Waals surface area contributed by atoms with Crippen LogP contribution in [0.15, 0.2) is 433 Å². The van der Waals surface area contributed by atoms with Crippen molar-refractivity contribution in [2.24, 2.45) is 0 Å². The molecule has 4 heterocycles. The van der Waals surface area contributed by atoms with Gasteiger partial charge in [0, 0.05) is 117 Å². The van der Waals surface area contributed by atoms with Gasteiger partial charge in [-0.05, 0) is 279 Å². The van der Waals surface area contributed by atoms with Crippen molar-refractivity contribution in [1.82, 2.24) is 0 Å². The molecule has 0 spiro atoms. The largest absolute Gasteiger partial charge is 0.456 e. The van der Waals surface area contributed by atoms with E-state index in [1.54, 1.807) is 0 Å². The van der Waals surface area contributed by atoms with Crippen LogP contribution >= 0.6 is 0 Å². The summed E-state index contributed by atoms with van der Waals surface area (Å²) in [6.45, 7) is 18.6. The van der Waals surface area contributed by atoms with E-state index in [1.165, 1.54) is 98.9 Å². The van der Waals surface area contributed by atoms with Gasteiger partial charge in [-0.15, -0.1) is 0 Å². The average Bonchev–Trinajstić information content (AvgIpc) is 1.12. The maximum atomic E-state index is 7.12. The number of ether oxygens (including phenoxy) is 2. The summed E-state index contributed by atoms with van der Waals surface area (Å²) < 4.78 is 27.6. The Bertz CT molecular complexity index is 9290. The summed E-state index contributed by atoms with van der Waals surface area (Å²) in [5, 5.41) is 18.5. The number of para-hydroxylation sites is 8. The first kappa shape index (κ1) is 82.3. The van der Waals surface area contributed by atoms with Gasteiger partial charge in [0.05, 0.1) is 28.4 Å². The fraction of sp³-hybridized carbons (Fsp3) is 0.0909. The highest BCUT2D eigenvalue weighted by atomic mass is 16.5. The highest BCUT2D eigenvalue weighted by molar-refractivity contribution is 6.29. The van der Waals surface area contributed by atoms with Gasteiger partial charge >= 0.3 is 0 Å².